The van der Waals surface area contributed by atoms with Crippen LogP contribution in [0.25, 0.3) is 0 Å². The summed E-state index contributed by atoms with van der Waals surface area (Å²) >= 11 is 0. The van der Waals surface area contributed by atoms with Crippen LogP contribution in [0.15, 0.2) is 59.7 Å². The molecule has 7 heteroatoms. The Morgan fingerprint density at radius 2 is 1.69 bits per heavy atom. The second-order valence-corrected chi connectivity index (χ2v) is 6.99. The van der Waals surface area contributed by atoms with E-state index in [0.717, 1.165) is 42.5 Å². The molecule has 1 aliphatic carbocycles. The smallest absolute Gasteiger partial charge is 0.408 e. The lowest BCUT2D eigenvalue weighted by molar-refractivity contribution is -0.123. The Bertz CT molecular complexity index is 842. The monoisotopic (exact) mass is 395 g/mol. The van der Waals surface area contributed by atoms with E-state index in [1.807, 2.05) is 30.3 Å². The van der Waals surface area contributed by atoms with Gasteiger partial charge in [-0.2, -0.15) is 5.10 Å². The summed E-state index contributed by atoms with van der Waals surface area (Å²) < 4.78 is 5.24. The van der Waals surface area contributed by atoms with Crippen molar-refractivity contribution in [2.24, 2.45) is 5.10 Å². The number of benzene rings is 2. The van der Waals surface area contributed by atoms with Gasteiger partial charge in [-0.3, -0.25) is 4.79 Å². The molecular formula is C22H25N3O4. The fourth-order valence-electron chi connectivity index (χ4n) is 3.09. The SMILES string of the molecule is O=C(NC(Cc1ccc(O)cc1)C(=O)NN=C1CCCC1)OCc1ccccc1. The van der Waals surface area contributed by atoms with E-state index >= 15 is 0 Å². The summed E-state index contributed by atoms with van der Waals surface area (Å²) in [5.41, 5.74) is 5.18. The molecule has 0 heterocycles. The molecule has 0 saturated heterocycles. The average Bonchev–Trinajstić information content (AvgIpc) is 3.26. The number of aromatic hydroxyl groups is 1. The molecule has 0 aromatic heterocycles. The minimum atomic E-state index is -0.853. The van der Waals surface area contributed by atoms with E-state index in [4.69, 9.17) is 4.74 Å². The number of amides is 2. The molecule has 3 rings (SSSR count). The molecule has 2 aromatic rings. The minimum Gasteiger partial charge on any atom is -0.508 e. The van der Waals surface area contributed by atoms with Gasteiger partial charge in [-0.1, -0.05) is 42.5 Å². The van der Waals surface area contributed by atoms with Gasteiger partial charge in [0, 0.05) is 12.1 Å². The third-order valence-electron chi connectivity index (χ3n) is 4.70. The zero-order valence-electron chi connectivity index (χ0n) is 16.1. The van der Waals surface area contributed by atoms with Crippen molar-refractivity contribution in [3.63, 3.8) is 0 Å². The Balaban J connectivity index is 1.62. The molecule has 1 fully saturated rings. The molecule has 0 aliphatic heterocycles. The van der Waals surface area contributed by atoms with Crippen molar-refractivity contribution in [3.8, 4) is 5.75 Å². The summed E-state index contributed by atoms with van der Waals surface area (Å²) in [5, 5.41) is 16.2. The number of ether oxygens (including phenoxy) is 1. The van der Waals surface area contributed by atoms with Gasteiger partial charge < -0.3 is 15.2 Å². The van der Waals surface area contributed by atoms with Crippen LogP contribution in [0.4, 0.5) is 4.79 Å². The minimum absolute atomic E-state index is 0.114. The van der Waals surface area contributed by atoms with Gasteiger partial charge >= 0.3 is 6.09 Å². The van der Waals surface area contributed by atoms with Crippen LogP contribution in [-0.4, -0.2) is 28.9 Å². The molecule has 1 atom stereocenters. The molecule has 29 heavy (non-hydrogen) atoms. The van der Waals surface area contributed by atoms with Gasteiger partial charge in [0.1, 0.15) is 18.4 Å². The second kappa shape index (κ2) is 10.3. The number of carbonyl (C=O) groups is 2. The van der Waals surface area contributed by atoms with Gasteiger partial charge in [-0.05, 0) is 48.9 Å². The van der Waals surface area contributed by atoms with Crippen LogP contribution < -0.4 is 10.7 Å². The number of carbonyl (C=O) groups excluding carboxylic acids is 2. The maximum Gasteiger partial charge on any atom is 0.408 e. The number of hydrogen-bond donors (Lipinski definition) is 3. The molecule has 152 valence electrons. The van der Waals surface area contributed by atoms with Crippen molar-refractivity contribution < 1.29 is 19.4 Å². The lowest BCUT2D eigenvalue weighted by Crippen LogP contribution is -2.47. The predicted molar refractivity (Wildman–Crippen MR) is 109 cm³/mol. The molecule has 1 unspecified atom stereocenters. The third-order valence-corrected chi connectivity index (χ3v) is 4.70. The fraction of sp³-hybridized carbons (Fsp3) is 0.318. The van der Waals surface area contributed by atoms with E-state index in [0.29, 0.717) is 0 Å². The standard InChI is InChI=1S/C22H25N3O4/c26-19-12-10-16(11-13-19)14-20(21(27)25-24-18-8-4-5-9-18)23-22(28)29-15-17-6-2-1-3-7-17/h1-3,6-7,10-13,20,26H,4-5,8-9,14-15H2,(H,23,28)(H,25,27). The summed E-state index contributed by atoms with van der Waals surface area (Å²) in [5.74, 6) is -0.272. The number of hydrazone groups is 1. The van der Waals surface area contributed by atoms with Gasteiger partial charge in [-0.25, -0.2) is 10.2 Å². The Labute approximate surface area is 169 Å². The normalized spacial score (nSPS) is 14.1. The molecular weight excluding hydrogens is 370 g/mol. The van der Waals surface area contributed by atoms with E-state index < -0.39 is 18.0 Å². The zero-order chi connectivity index (χ0) is 20.5. The maximum absolute atomic E-state index is 12.6. The van der Waals surface area contributed by atoms with Crippen LogP contribution in [0.5, 0.6) is 5.75 Å². The Hall–Kier alpha value is -3.35. The van der Waals surface area contributed by atoms with Crippen molar-refractivity contribution in [2.45, 2.75) is 44.8 Å². The van der Waals surface area contributed by atoms with Crippen LogP contribution >= 0.6 is 0 Å². The van der Waals surface area contributed by atoms with Crippen molar-refractivity contribution in [1.29, 1.82) is 0 Å². The third kappa shape index (κ3) is 6.64. The number of nitrogens with one attached hydrogen (secondary N) is 2. The summed E-state index contributed by atoms with van der Waals surface area (Å²) in [6.45, 7) is 0.114. The van der Waals surface area contributed by atoms with Gasteiger partial charge in [0.15, 0.2) is 0 Å². The molecule has 2 amide bonds. The van der Waals surface area contributed by atoms with Gasteiger partial charge in [0.2, 0.25) is 0 Å². The highest BCUT2D eigenvalue weighted by molar-refractivity contribution is 5.90. The van der Waals surface area contributed by atoms with Crippen LogP contribution in [0.2, 0.25) is 0 Å². The number of phenols is 1. The topological polar surface area (TPSA) is 100 Å². The summed E-state index contributed by atoms with van der Waals surface area (Å²) in [4.78, 5) is 24.9. The maximum atomic E-state index is 12.6. The number of nitrogens with zero attached hydrogens (tertiary/aromatic N) is 1. The molecule has 0 spiro atoms. The predicted octanol–water partition coefficient (Wildman–Crippen LogP) is 3.28. The highest BCUT2D eigenvalue weighted by atomic mass is 16.5. The summed E-state index contributed by atoms with van der Waals surface area (Å²) in [6, 6.07) is 14.9. The number of rotatable bonds is 7. The molecule has 3 N–H and O–H groups in total. The van der Waals surface area contributed by atoms with Gasteiger partial charge in [0.25, 0.3) is 5.91 Å². The lowest BCUT2D eigenvalue weighted by Gasteiger charge is -2.17. The quantitative estimate of drug-likeness (QED) is 0.627. The van der Waals surface area contributed by atoms with Crippen LogP contribution in [0.1, 0.15) is 36.8 Å². The Morgan fingerprint density at radius 3 is 2.38 bits per heavy atom. The molecule has 0 radical (unpaired) electrons. The molecule has 1 aliphatic rings. The van der Waals surface area contributed by atoms with E-state index in [-0.39, 0.29) is 18.8 Å². The first-order valence-electron chi connectivity index (χ1n) is 9.70. The largest absolute Gasteiger partial charge is 0.508 e. The number of phenolic OH excluding ortho intramolecular Hbond substituents is 1. The second-order valence-electron chi connectivity index (χ2n) is 6.99. The van der Waals surface area contributed by atoms with Crippen molar-refractivity contribution in [3.05, 3.63) is 65.7 Å². The Morgan fingerprint density at radius 1 is 1.00 bits per heavy atom. The first kappa shape index (κ1) is 20.4. The van der Waals surface area contributed by atoms with Crippen molar-refractivity contribution in [1.82, 2.24) is 10.7 Å². The average molecular weight is 395 g/mol. The summed E-state index contributed by atoms with van der Waals surface area (Å²) in [6.07, 6.45) is 3.49. The van der Waals surface area contributed by atoms with Crippen molar-refractivity contribution in [2.75, 3.05) is 0 Å². The number of alkyl carbamates (subject to hydrolysis) is 1. The van der Waals surface area contributed by atoms with Crippen LogP contribution in [0, 0.1) is 0 Å². The first-order valence-corrected chi connectivity index (χ1v) is 9.70. The molecule has 7 nitrogen and oxygen atoms in total. The molecule has 2 aromatic carbocycles. The number of hydrogen-bond acceptors (Lipinski definition) is 5. The zero-order valence-corrected chi connectivity index (χ0v) is 16.1. The van der Waals surface area contributed by atoms with E-state index in [9.17, 15) is 14.7 Å². The van der Waals surface area contributed by atoms with Crippen molar-refractivity contribution >= 4 is 17.7 Å². The van der Waals surface area contributed by atoms with E-state index in [1.54, 1.807) is 12.1 Å². The highest BCUT2D eigenvalue weighted by Gasteiger charge is 2.22. The highest BCUT2D eigenvalue weighted by Crippen LogP contribution is 2.14. The van der Waals surface area contributed by atoms with Crippen LogP contribution in [-0.2, 0) is 22.6 Å². The first-order chi connectivity index (χ1) is 14.1. The summed E-state index contributed by atoms with van der Waals surface area (Å²) in [7, 11) is 0. The lowest BCUT2D eigenvalue weighted by atomic mass is 10.1. The fourth-order valence-corrected chi connectivity index (χ4v) is 3.09. The van der Waals surface area contributed by atoms with Crippen LogP contribution in [0.3, 0.4) is 0 Å². The van der Waals surface area contributed by atoms with Gasteiger partial charge in [-0.15, -0.1) is 0 Å². The van der Waals surface area contributed by atoms with E-state index in [2.05, 4.69) is 15.8 Å². The molecule has 0 bridgehead atoms. The van der Waals surface area contributed by atoms with Gasteiger partial charge in [0.05, 0.1) is 0 Å². The molecule has 1 saturated carbocycles. The van der Waals surface area contributed by atoms with E-state index in [1.165, 1.54) is 12.1 Å². The Kier molecular flexibility index (Phi) is 7.22.